The van der Waals surface area contributed by atoms with E-state index >= 15 is 0 Å². The summed E-state index contributed by atoms with van der Waals surface area (Å²) in [6, 6.07) is 6.33. The van der Waals surface area contributed by atoms with Crippen LogP contribution in [0.15, 0.2) is 22.7 Å². The minimum absolute atomic E-state index is 0.165. The van der Waals surface area contributed by atoms with E-state index in [2.05, 4.69) is 55.8 Å². The van der Waals surface area contributed by atoms with Crippen LogP contribution in [0.1, 0.15) is 39.4 Å². The van der Waals surface area contributed by atoms with Gasteiger partial charge in [-0.05, 0) is 30.0 Å². The number of carbonyl (C=O) groups is 1. The predicted octanol–water partition coefficient (Wildman–Crippen LogP) is 1.12. The van der Waals surface area contributed by atoms with Gasteiger partial charge in [0.15, 0.2) is 5.78 Å². The number of nitrogens with one attached hydrogen (secondary N) is 2. The van der Waals surface area contributed by atoms with Gasteiger partial charge in [-0.25, -0.2) is 0 Å². The number of hydrogen-bond donors (Lipinski definition) is 2. The molecule has 0 spiro atoms. The standard InChI is InChI=1S/C21H29BrN2O2/c1-13(2)20-9-23-11-21(14(3)4,19(20)25)12-24(10-20)18(23)16-8-15(22)6-7-17(16)26-5/h6-8,13-14,18H,9-12H2,1-5H3/p+2. The molecule has 5 rings (SSSR count). The summed E-state index contributed by atoms with van der Waals surface area (Å²) >= 11 is 3.64. The summed E-state index contributed by atoms with van der Waals surface area (Å²) in [6.45, 7) is 12.8. The molecule has 1 aromatic rings. The van der Waals surface area contributed by atoms with Crippen molar-refractivity contribution in [2.24, 2.45) is 22.7 Å². The number of rotatable bonds is 4. The van der Waals surface area contributed by atoms with Crippen molar-refractivity contribution in [1.29, 1.82) is 0 Å². The van der Waals surface area contributed by atoms with E-state index in [1.54, 1.807) is 16.9 Å². The second-order valence-electron chi connectivity index (χ2n) is 9.29. The number of benzene rings is 1. The number of halogens is 1. The Morgan fingerprint density at radius 3 is 1.96 bits per heavy atom. The summed E-state index contributed by atoms with van der Waals surface area (Å²) in [5, 5.41) is 0. The Bertz CT molecular complexity index is 700. The normalized spacial score (nSPS) is 38.5. The van der Waals surface area contributed by atoms with Crippen molar-refractivity contribution in [3.05, 3.63) is 28.2 Å². The number of quaternary nitrogens is 2. The maximum Gasteiger partial charge on any atom is 0.244 e. The van der Waals surface area contributed by atoms with Crippen molar-refractivity contribution in [3.8, 4) is 5.75 Å². The highest BCUT2D eigenvalue weighted by Gasteiger charge is 2.73. The molecule has 0 aliphatic carbocycles. The molecular formula is C21H31BrN2O2+2. The smallest absolute Gasteiger partial charge is 0.244 e. The molecule has 4 aliphatic rings. The van der Waals surface area contributed by atoms with Crippen LogP contribution in [0.2, 0.25) is 0 Å². The third kappa shape index (κ3) is 2.29. The van der Waals surface area contributed by atoms with Gasteiger partial charge in [-0.15, -0.1) is 0 Å². The molecule has 0 amide bonds. The lowest BCUT2D eigenvalue weighted by atomic mass is 9.53. The Balaban J connectivity index is 1.82. The summed E-state index contributed by atoms with van der Waals surface area (Å²) in [4.78, 5) is 16.8. The molecule has 142 valence electrons. The summed E-state index contributed by atoms with van der Waals surface area (Å²) in [7, 11) is 1.76. The Kier molecular flexibility index (Phi) is 4.29. The van der Waals surface area contributed by atoms with Crippen molar-refractivity contribution >= 4 is 21.7 Å². The number of hydrogen-bond acceptors (Lipinski definition) is 2. The number of methoxy groups -OCH3 is 1. The molecule has 4 nitrogen and oxygen atoms in total. The molecule has 1 aromatic carbocycles. The number of ether oxygens (including phenoxy) is 1. The Labute approximate surface area is 165 Å². The van der Waals surface area contributed by atoms with Crippen LogP contribution in [0, 0.1) is 22.7 Å². The van der Waals surface area contributed by atoms with Gasteiger partial charge in [-0.2, -0.15) is 0 Å². The van der Waals surface area contributed by atoms with Crippen LogP contribution in [0.5, 0.6) is 5.75 Å². The zero-order valence-electron chi connectivity index (χ0n) is 16.5. The van der Waals surface area contributed by atoms with E-state index in [1.165, 1.54) is 5.56 Å². The maximum atomic E-state index is 13.7. The molecule has 2 N–H and O–H groups in total. The first-order valence-electron chi connectivity index (χ1n) is 9.82. The van der Waals surface area contributed by atoms with Gasteiger partial charge >= 0.3 is 0 Å². The van der Waals surface area contributed by atoms with E-state index in [9.17, 15) is 4.79 Å². The second-order valence-corrected chi connectivity index (χ2v) is 10.2. The molecule has 4 fully saturated rings. The van der Waals surface area contributed by atoms with Gasteiger partial charge in [0, 0.05) is 4.47 Å². The summed E-state index contributed by atoms with van der Waals surface area (Å²) in [6.07, 6.45) is 0.356. The first kappa shape index (κ1) is 18.5. The molecule has 0 saturated carbocycles. The Morgan fingerprint density at radius 2 is 1.54 bits per heavy atom. The molecule has 0 radical (unpaired) electrons. The lowest BCUT2D eigenvalue weighted by Gasteiger charge is -2.62. The third-order valence-corrected chi connectivity index (χ3v) is 8.10. The number of carbonyl (C=O) groups excluding carboxylic acids is 1. The molecule has 4 bridgehead atoms. The van der Waals surface area contributed by atoms with Gasteiger partial charge in [0.25, 0.3) is 0 Å². The summed E-state index contributed by atoms with van der Waals surface area (Å²) in [5.41, 5.74) is 0.943. The summed E-state index contributed by atoms with van der Waals surface area (Å²) < 4.78 is 6.80. The minimum Gasteiger partial charge on any atom is -0.496 e. The van der Waals surface area contributed by atoms with Crippen molar-refractivity contribution in [3.63, 3.8) is 0 Å². The topological polar surface area (TPSA) is 35.2 Å². The number of Topliss-reactive ketones (excluding diaryl/α,β-unsaturated/α-hetero) is 1. The van der Waals surface area contributed by atoms with Crippen LogP contribution in [-0.2, 0) is 4.79 Å². The first-order valence-corrected chi connectivity index (χ1v) is 10.6. The van der Waals surface area contributed by atoms with Crippen LogP contribution in [-0.4, -0.2) is 39.1 Å². The van der Waals surface area contributed by atoms with Crippen LogP contribution in [0.3, 0.4) is 0 Å². The van der Waals surface area contributed by atoms with Gasteiger partial charge in [-0.3, -0.25) is 14.6 Å². The van der Waals surface area contributed by atoms with Crippen LogP contribution < -0.4 is 14.5 Å². The highest BCUT2D eigenvalue weighted by molar-refractivity contribution is 9.10. The Hall–Kier alpha value is -0.910. The third-order valence-electron chi connectivity index (χ3n) is 7.60. The van der Waals surface area contributed by atoms with Crippen molar-refractivity contribution in [1.82, 2.24) is 0 Å². The molecule has 0 atom stereocenters. The zero-order valence-corrected chi connectivity index (χ0v) is 18.1. The van der Waals surface area contributed by atoms with Crippen molar-refractivity contribution in [2.75, 3.05) is 33.3 Å². The van der Waals surface area contributed by atoms with E-state index in [-0.39, 0.29) is 10.8 Å². The van der Waals surface area contributed by atoms with Crippen molar-refractivity contribution in [2.45, 2.75) is 33.9 Å². The second kappa shape index (κ2) is 6.05. The number of piperidine rings is 2. The van der Waals surface area contributed by atoms with Gasteiger partial charge in [0.2, 0.25) is 6.17 Å². The predicted molar refractivity (Wildman–Crippen MR) is 104 cm³/mol. The van der Waals surface area contributed by atoms with Crippen LogP contribution >= 0.6 is 15.9 Å². The van der Waals surface area contributed by atoms with Gasteiger partial charge < -0.3 is 4.74 Å². The SMILES string of the molecule is COc1ccc(Br)cc1C1[NH+]2CC3(C(C)C)C[NH+]1CC(C(C)C)(C2)C3=O. The molecule has 0 aromatic heterocycles. The van der Waals surface area contributed by atoms with E-state index < -0.39 is 0 Å². The molecule has 4 heterocycles. The van der Waals surface area contributed by atoms with Crippen LogP contribution in [0.4, 0.5) is 0 Å². The highest BCUT2D eigenvalue weighted by Crippen LogP contribution is 2.45. The molecule has 26 heavy (non-hydrogen) atoms. The monoisotopic (exact) mass is 422 g/mol. The zero-order chi connectivity index (χ0) is 18.9. The molecule has 0 unspecified atom stereocenters. The first-order chi connectivity index (χ1) is 12.2. The fourth-order valence-corrected chi connectivity index (χ4v) is 6.47. The fraction of sp³-hybridized carbons (Fsp3) is 0.667. The highest BCUT2D eigenvalue weighted by atomic mass is 79.9. The lowest BCUT2D eigenvalue weighted by molar-refractivity contribution is -1.18. The van der Waals surface area contributed by atoms with Crippen LogP contribution in [0.25, 0.3) is 0 Å². The van der Waals surface area contributed by atoms with E-state index in [0.717, 1.165) is 36.4 Å². The molecular weight excluding hydrogens is 392 g/mol. The molecule has 4 saturated heterocycles. The quantitative estimate of drug-likeness (QED) is 0.762. The molecule has 4 aliphatic heterocycles. The van der Waals surface area contributed by atoms with Gasteiger partial charge in [0.05, 0.1) is 7.11 Å². The summed E-state index contributed by atoms with van der Waals surface area (Å²) in [5.74, 6) is 2.31. The average molecular weight is 423 g/mol. The fourth-order valence-electron chi connectivity index (χ4n) is 6.10. The van der Waals surface area contributed by atoms with E-state index in [1.807, 2.05) is 6.07 Å². The molecule has 5 heteroatoms. The maximum absolute atomic E-state index is 13.7. The largest absolute Gasteiger partial charge is 0.496 e. The minimum atomic E-state index is -0.165. The van der Waals surface area contributed by atoms with E-state index in [4.69, 9.17) is 4.74 Å². The van der Waals surface area contributed by atoms with Crippen molar-refractivity contribution < 1.29 is 19.3 Å². The van der Waals surface area contributed by atoms with Gasteiger partial charge in [-0.1, -0.05) is 43.6 Å². The number of ketones is 1. The van der Waals surface area contributed by atoms with E-state index in [0.29, 0.717) is 23.8 Å². The lowest BCUT2D eigenvalue weighted by Crippen LogP contribution is -3.41. The Morgan fingerprint density at radius 1 is 1.04 bits per heavy atom. The average Bonchev–Trinajstić information content (AvgIpc) is 2.58. The van der Waals surface area contributed by atoms with Gasteiger partial charge in [0.1, 0.15) is 48.3 Å².